The minimum atomic E-state index is -1.14. The molecule has 0 bridgehead atoms. The zero-order valence-corrected chi connectivity index (χ0v) is 16.6. The van der Waals surface area contributed by atoms with E-state index in [2.05, 4.69) is 6.58 Å². The van der Waals surface area contributed by atoms with Gasteiger partial charge in [0, 0.05) is 0 Å². The SMILES string of the molecule is C=CC1CCC2CC(c3cc(F)c(-c4cc(F)c(C#N)c(F)c4)c(F)c3)CCC2C1. The summed E-state index contributed by atoms with van der Waals surface area (Å²) in [7, 11) is 0. The highest BCUT2D eigenvalue weighted by atomic mass is 19.1. The smallest absolute Gasteiger partial charge is 0.144 e. The monoisotopic (exact) mass is 413 g/mol. The van der Waals surface area contributed by atoms with Crippen molar-refractivity contribution in [1.29, 1.82) is 5.26 Å². The van der Waals surface area contributed by atoms with Crippen molar-refractivity contribution in [1.82, 2.24) is 0 Å². The second-order valence-corrected chi connectivity index (χ2v) is 8.63. The molecule has 2 fully saturated rings. The summed E-state index contributed by atoms with van der Waals surface area (Å²) in [5, 5.41) is 8.78. The molecule has 0 aliphatic heterocycles. The van der Waals surface area contributed by atoms with Gasteiger partial charge in [0.15, 0.2) is 0 Å². The van der Waals surface area contributed by atoms with Gasteiger partial charge in [0.05, 0.1) is 5.56 Å². The molecule has 2 aromatic rings. The van der Waals surface area contributed by atoms with Crippen LogP contribution in [-0.4, -0.2) is 0 Å². The first kappa shape index (κ1) is 20.7. The van der Waals surface area contributed by atoms with E-state index in [9.17, 15) is 17.6 Å². The average Bonchev–Trinajstić information content (AvgIpc) is 2.72. The number of fused-ring (bicyclic) bond motifs is 1. The quantitative estimate of drug-likeness (QED) is 0.383. The highest BCUT2D eigenvalue weighted by Crippen LogP contribution is 2.48. The molecular weight excluding hydrogens is 390 g/mol. The van der Waals surface area contributed by atoms with Gasteiger partial charge in [-0.25, -0.2) is 17.6 Å². The topological polar surface area (TPSA) is 23.8 Å². The fourth-order valence-corrected chi connectivity index (χ4v) is 5.37. The van der Waals surface area contributed by atoms with Gasteiger partial charge in [0.2, 0.25) is 0 Å². The molecule has 1 nitrogen and oxygen atoms in total. The first-order valence-electron chi connectivity index (χ1n) is 10.4. The largest absolute Gasteiger partial charge is 0.206 e. The second kappa shape index (κ2) is 8.26. The van der Waals surface area contributed by atoms with Crippen molar-refractivity contribution in [2.24, 2.45) is 17.8 Å². The Hall–Kier alpha value is -2.61. The van der Waals surface area contributed by atoms with Crippen LogP contribution in [0.4, 0.5) is 17.6 Å². The van der Waals surface area contributed by atoms with Crippen molar-refractivity contribution in [2.75, 3.05) is 0 Å². The molecule has 4 unspecified atom stereocenters. The highest BCUT2D eigenvalue weighted by Gasteiger charge is 2.35. The Kier molecular flexibility index (Phi) is 5.69. The van der Waals surface area contributed by atoms with E-state index in [-0.39, 0.29) is 11.5 Å². The van der Waals surface area contributed by atoms with Crippen molar-refractivity contribution < 1.29 is 17.6 Å². The first-order valence-corrected chi connectivity index (χ1v) is 10.4. The summed E-state index contributed by atoms with van der Waals surface area (Å²) in [6.07, 6.45) is 8.26. The van der Waals surface area contributed by atoms with Crippen molar-refractivity contribution in [3.63, 3.8) is 0 Å². The van der Waals surface area contributed by atoms with Crippen LogP contribution < -0.4 is 0 Å². The predicted octanol–water partition coefficient (Wildman–Crippen LogP) is 7.27. The van der Waals surface area contributed by atoms with Crippen LogP contribution in [0.1, 0.15) is 55.6 Å². The van der Waals surface area contributed by atoms with Crippen LogP contribution in [0.2, 0.25) is 0 Å². The lowest BCUT2D eigenvalue weighted by atomic mass is 9.64. The second-order valence-electron chi connectivity index (χ2n) is 8.63. The summed E-state index contributed by atoms with van der Waals surface area (Å²) in [5.41, 5.74) is -0.884. The van der Waals surface area contributed by atoms with Crippen LogP contribution in [0.25, 0.3) is 11.1 Å². The molecule has 0 spiro atoms. The molecular formula is C25H23F4N. The molecule has 4 rings (SSSR count). The molecule has 0 heterocycles. The number of halogens is 4. The van der Waals surface area contributed by atoms with Gasteiger partial charge in [-0.1, -0.05) is 6.08 Å². The number of benzene rings is 2. The van der Waals surface area contributed by atoms with E-state index in [4.69, 9.17) is 5.26 Å². The lowest BCUT2D eigenvalue weighted by Gasteiger charge is -2.41. The maximum atomic E-state index is 14.9. The van der Waals surface area contributed by atoms with Gasteiger partial charge in [0.25, 0.3) is 0 Å². The van der Waals surface area contributed by atoms with Gasteiger partial charge >= 0.3 is 0 Å². The van der Waals surface area contributed by atoms with E-state index in [1.165, 1.54) is 18.2 Å². The fourth-order valence-electron chi connectivity index (χ4n) is 5.37. The van der Waals surface area contributed by atoms with Crippen LogP contribution in [0, 0.1) is 52.4 Å². The number of hydrogen-bond donors (Lipinski definition) is 0. The summed E-state index contributed by atoms with van der Waals surface area (Å²) in [5.74, 6) is -2.09. The zero-order chi connectivity index (χ0) is 21.4. The van der Waals surface area contributed by atoms with Crippen molar-refractivity contribution in [3.8, 4) is 17.2 Å². The van der Waals surface area contributed by atoms with E-state index >= 15 is 0 Å². The van der Waals surface area contributed by atoms with Gasteiger partial charge in [-0.3, -0.25) is 0 Å². The third kappa shape index (κ3) is 3.76. The Balaban J connectivity index is 1.60. The van der Waals surface area contributed by atoms with Crippen LogP contribution in [0.15, 0.2) is 36.9 Å². The number of rotatable bonds is 3. The molecule has 2 aromatic carbocycles. The summed E-state index contributed by atoms with van der Waals surface area (Å²) < 4.78 is 57.6. The van der Waals surface area contributed by atoms with Crippen molar-refractivity contribution in [2.45, 2.75) is 44.4 Å². The van der Waals surface area contributed by atoms with E-state index in [0.29, 0.717) is 23.3 Å². The van der Waals surface area contributed by atoms with Crippen LogP contribution in [0.3, 0.4) is 0 Å². The Morgan fingerprint density at radius 1 is 0.833 bits per heavy atom. The van der Waals surface area contributed by atoms with Gasteiger partial charge in [-0.05, 0) is 97.6 Å². The molecule has 0 aromatic heterocycles. The highest BCUT2D eigenvalue weighted by molar-refractivity contribution is 5.66. The molecule has 0 saturated heterocycles. The number of nitriles is 1. The Bertz CT molecular complexity index is 976. The van der Waals surface area contributed by atoms with Crippen molar-refractivity contribution >= 4 is 0 Å². The van der Waals surface area contributed by atoms with E-state index in [0.717, 1.165) is 50.7 Å². The maximum absolute atomic E-state index is 14.9. The Morgan fingerprint density at radius 3 is 2.03 bits per heavy atom. The maximum Gasteiger partial charge on any atom is 0.144 e. The number of hydrogen-bond acceptors (Lipinski definition) is 1. The molecule has 0 radical (unpaired) electrons. The van der Waals surface area contributed by atoms with E-state index in [1.807, 2.05) is 6.08 Å². The average molecular weight is 413 g/mol. The lowest BCUT2D eigenvalue weighted by molar-refractivity contribution is 0.133. The molecule has 2 saturated carbocycles. The Labute approximate surface area is 174 Å². The molecule has 5 heteroatoms. The minimum Gasteiger partial charge on any atom is -0.206 e. The summed E-state index contributed by atoms with van der Waals surface area (Å²) in [4.78, 5) is 0. The Morgan fingerprint density at radius 2 is 1.43 bits per heavy atom. The van der Waals surface area contributed by atoms with Gasteiger partial charge in [-0.15, -0.1) is 6.58 Å². The minimum absolute atomic E-state index is 0.0824. The fraction of sp³-hybridized carbons (Fsp3) is 0.400. The third-order valence-electron chi connectivity index (χ3n) is 6.97. The summed E-state index contributed by atoms with van der Waals surface area (Å²) >= 11 is 0. The first-order chi connectivity index (χ1) is 14.4. The molecule has 4 atom stereocenters. The molecule has 30 heavy (non-hydrogen) atoms. The summed E-state index contributed by atoms with van der Waals surface area (Å²) in [6.45, 7) is 3.91. The molecule has 2 aliphatic rings. The van der Waals surface area contributed by atoms with Crippen LogP contribution in [-0.2, 0) is 0 Å². The van der Waals surface area contributed by atoms with E-state index < -0.39 is 34.4 Å². The number of nitrogens with zero attached hydrogens (tertiary/aromatic N) is 1. The van der Waals surface area contributed by atoms with Gasteiger partial charge in [0.1, 0.15) is 34.9 Å². The van der Waals surface area contributed by atoms with Crippen LogP contribution >= 0.6 is 0 Å². The molecule has 156 valence electrons. The molecule has 2 aliphatic carbocycles. The standard InChI is InChI=1S/C25H23F4N/c1-2-14-3-4-16-8-17(6-5-15(16)7-14)18-9-23(28)25(24(29)10-18)19-11-21(26)20(13-30)22(27)12-19/h2,9-12,14-17H,1,3-8H2. The molecule has 0 amide bonds. The normalized spacial score (nSPS) is 26.0. The predicted molar refractivity (Wildman–Crippen MR) is 108 cm³/mol. The van der Waals surface area contributed by atoms with Crippen molar-refractivity contribution in [3.05, 3.63) is 71.3 Å². The lowest BCUT2D eigenvalue weighted by Crippen LogP contribution is -2.30. The molecule has 0 N–H and O–H groups in total. The van der Waals surface area contributed by atoms with E-state index in [1.54, 1.807) is 0 Å². The third-order valence-corrected chi connectivity index (χ3v) is 6.97. The number of allylic oxidation sites excluding steroid dienone is 1. The van der Waals surface area contributed by atoms with Crippen LogP contribution in [0.5, 0.6) is 0 Å². The summed E-state index contributed by atoms with van der Waals surface area (Å²) in [6, 6.07) is 5.60. The zero-order valence-electron chi connectivity index (χ0n) is 16.6. The van der Waals surface area contributed by atoms with Gasteiger partial charge < -0.3 is 0 Å². The van der Waals surface area contributed by atoms with Gasteiger partial charge in [-0.2, -0.15) is 5.26 Å².